The summed E-state index contributed by atoms with van der Waals surface area (Å²) in [4.78, 5) is 28.5. The number of alkyl halides is 9. The molecule has 0 aromatic heterocycles. The van der Waals surface area contributed by atoms with Gasteiger partial charge in [0.15, 0.2) is 0 Å². The minimum absolute atomic E-state index is 0.0192. The smallest absolute Gasteiger partial charge is 0.416 e. The van der Waals surface area contributed by atoms with Crippen molar-refractivity contribution < 1.29 is 58.6 Å². The molecule has 0 saturated heterocycles. The van der Waals surface area contributed by atoms with E-state index >= 15 is 0 Å². The number of amides is 2. The van der Waals surface area contributed by atoms with Crippen LogP contribution in [0.15, 0.2) is 18.2 Å². The van der Waals surface area contributed by atoms with E-state index < -0.39 is 98.0 Å². The molecule has 0 radical (unpaired) electrons. The molecule has 2 fully saturated rings. The molecule has 2 amide bonds. The maximum Gasteiger partial charge on any atom is 0.416 e. The molecule has 1 aromatic carbocycles. The molecule has 3 aliphatic rings. The van der Waals surface area contributed by atoms with Crippen molar-refractivity contribution in [1.82, 2.24) is 4.90 Å². The summed E-state index contributed by atoms with van der Waals surface area (Å²) in [5.74, 6) is -5.92. The first kappa shape index (κ1) is 33.0. The molecular formula is C28H33F9N2O4. The van der Waals surface area contributed by atoms with Crippen LogP contribution < -0.4 is 4.90 Å². The first-order valence-electron chi connectivity index (χ1n) is 14.0. The summed E-state index contributed by atoms with van der Waals surface area (Å²) >= 11 is 0. The molecule has 0 N–H and O–H groups in total. The van der Waals surface area contributed by atoms with Crippen LogP contribution in [-0.2, 0) is 15.7 Å². The van der Waals surface area contributed by atoms with Gasteiger partial charge in [0.1, 0.15) is 0 Å². The van der Waals surface area contributed by atoms with Gasteiger partial charge < -0.3 is 14.4 Å². The van der Waals surface area contributed by atoms with Crippen molar-refractivity contribution >= 4 is 17.9 Å². The fourth-order valence-corrected chi connectivity index (χ4v) is 6.37. The fourth-order valence-electron chi connectivity index (χ4n) is 6.37. The zero-order chi connectivity index (χ0) is 32.1. The number of benzene rings is 1. The van der Waals surface area contributed by atoms with Crippen molar-refractivity contribution in [2.75, 3.05) is 18.6 Å². The Kier molecular flexibility index (Phi) is 9.14. The molecule has 4 unspecified atom stereocenters. The number of carbonyl (C=O) groups excluding carboxylic acids is 2. The van der Waals surface area contributed by atoms with Crippen molar-refractivity contribution in [1.29, 1.82) is 0 Å². The molecule has 1 aromatic rings. The highest BCUT2D eigenvalue weighted by Crippen LogP contribution is 2.52. The van der Waals surface area contributed by atoms with Crippen LogP contribution in [0.3, 0.4) is 0 Å². The van der Waals surface area contributed by atoms with Crippen molar-refractivity contribution in [3.8, 4) is 0 Å². The maximum absolute atomic E-state index is 13.8. The van der Waals surface area contributed by atoms with Crippen LogP contribution in [-0.4, -0.2) is 55.2 Å². The lowest BCUT2D eigenvalue weighted by atomic mass is 9.74. The summed E-state index contributed by atoms with van der Waals surface area (Å²) in [7, 11) is 0.966. The van der Waals surface area contributed by atoms with Gasteiger partial charge >= 0.3 is 30.7 Å². The molecule has 2 aliphatic carbocycles. The molecule has 2 saturated carbocycles. The number of hydrogen-bond donors (Lipinski definition) is 0. The Morgan fingerprint density at radius 1 is 0.930 bits per heavy atom. The molecule has 1 aliphatic heterocycles. The lowest BCUT2D eigenvalue weighted by molar-refractivity contribution is -0.229. The van der Waals surface area contributed by atoms with Crippen molar-refractivity contribution in [2.45, 2.75) is 89.1 Å². The summed E-state index contributed by atoms with van der Waals surface area (Å²) in [6, 6.07) is 0.731. The van der Waals surface area contributed by atoms with Gasteiger partial charge in [-0.2, -0.15) is 39.5 Å². The van der Waals surface area contributed by atoms with Gasteiger partial charge in [0, 0.05) is 12.6 Å². The summed E-state index contributed by atoms with van der Waals surface area (Å²) < 4.78 is 134. The van der Waals surface area contributed by atoms with Crippen LogP contribution in [0.1, 0.15) is 69.5 Å². The van der Waals surface area contributed by atoms with Crippen LogP contribution >= 0.6 is 0 Å². The van der Waals surface area contributed by atoms with E-state index in [9.17, 15) is 49.1 Å². The Hall–Kier alpha value is -2.87. The number of nitrogens with zero attached hydrogens (tertiary/aromatic N) is 2. The normalized spacial score (nSPS) is 26.6. The Balaban J connectivity index is 1.79. The van der Waals surface area contributed by atoms with Gasteiger partial charge in [0.2, 0.25) is 0 Å². The zero-order valence-corrected chi connectivity index (χ0v) is 23.7. The van der Waals surface area contributed by atoms with E-state index in [1.165, 1.54) is 4.90 Å². The molecule has 4 atom stereocenters. The minimum Gasteiger partial charge on any atom is -0.453 e. The zero-order valence-electron chi connectivity index (χ0n) is 23.7. The Bertz CT molecular complexity index is 1160. The number of anilines is 1. The van der Waals surface area contributed by atoms with Gasteiger partial charge in [0.25, 0.3) is 0 Å². The molecule has 15 heteroatoms. The second kappa shape index (κ2) is 11.9. The van der Waals surface area contributed by atoms with Gasteiger partial charge in [-0.25, -0.2) is 9.59 Å². The summed E-state index contributed by atoms with van der Waals surface area (Å²) in [5.41, 5.74) is -1.21. The summed E-state index contributed by atoms with van der Waals surface area (Å²) in [6.07, 6.45) is -18.4. The largest absolute Gasteiger partial charge is 0.453 e. The Morgan fingerprint density at radius 2 is 1.51 bits per heavy atom. The predicted octanol–water partition coefficient (Wildman–Crippen LogP) is 8.51. The van der Waals surface area contributed by atoms with E-state index in [1.54, 1.807) is 13.8 Å². The van der Waals surface area contributed by atoms with Crippen molar-refractivity contribution in [3.05, 3.63) is 29.3 Å². The van der Waals surface area contributed by atoms with E-state index in [1.807, 2.05) is 0 Å². The Morgan fingerprint density at radius 3 is 1.98 bits per heavy atom. The average molecular weight is 633 g/mol. The SMILES string of the molecule is COC(=O)N(CC1CC(C(F)(F)F)CC(C(F)(F)F)C1)C1CC(C2CC2)N(C(=O)OC(C)C)c2ccc(C(F)(F)F)cc21. The molecule has 0 bridgehead atoms. The number of fused-ring (bicyclic) bond motifs is 1. The van der Waals surface area contributed by atoms with Crippen molar-refractivity contribution in [3.63, 3.8) is 0 Å². The minimum atomic E-state index is -4.91. The highest BCUT2D eigenvalue weighted by Gasteiger charge is 2.53. The summed E-state index contributed by atoms with van der Waals surface area (Å²) in [6.45, 7) is 2.58. The standard InChI is InChI=1S/C28H33F9N2O4/c1-14(2)43-25(41)39-21-7-6-17(26(29,30)31)11-20(21)23(12-22(39)16-4-5-16)38(24(40)42-3)13-15-8-18(27(32,33)34)10-19(9-15)28(35,36)37/h6-7,11,14-16,18-19,22-23H,4-5,8-10,12-13H2,1-3H3. The number of ether oxygens (including phenoxy) is 2. The predicted molar refractivity (Wildman–Crippen MR) is 135 cm³/mol. The highest BCUT2D eigenvalue weighted by atomic mass is 19.4. The van der Waals surface area contributed by atoms with Crippen LogP contribution in [0, 0.1) is 23.7 Å². The molecular weight excluding hydrogens is 599 g/mol. The second-order valence-corrected chi connectivity index (χ2v) is 11.9. The Labute approximate surface area is 242 Å². The van der Waals surface area contributed by atoms with Crippen LogP contribution in [0.4, 0.5) is 54.8 Å². The number of halogens is 9. The van der Waals surface area contributed by atoms with Gasteiger partial charge in [-0.3, -0.25) is 4.90 Å². The quantitative estimate of drug-likeness (QED) is 0.306. The van der Waals surface area contributed by atoms with Gasteiger partial charge in [-0.1, -0.05) is 0 Å². The summed E-state index contributed by atoms with van der Waals surface area (Å²) in [5, 5.41) is 0. The molecule has 0 spiro atoms. The van der Waals surface area contributed by atoms with Crippen molar-refractivity contribution in [2.24, 2.45) is 23.7 Å². The van der Waals surface area contributed by atoms with Crippen LogP contribution in [0.2, 0.25) is 0 Å². The lowest BCUT2D eigenvalue weighted by Gasteiger charge is -2.46. The molecule has 43 heavy (non-hydrogen) atoms. The number of carbonyl (C=O) groups is 2. The van der Waals surface area contributed by atoms with E-state index in [0.717, 1.165) is 30.2 Å². The van der Waals surface area contributed by atoms with Crippen LogP contribution in [0.25, 0.3) is 0 Å². The van der Waals surface area contributed by atoms with Gasteiger partial charge in [0.05, 0.1) is 42.3 Å². The van der Waals surface area contributed by atoms with E-state index in [2.05, 4.69) is 0 Å². The van der Waals surface area contributed by atoms with E-state index in [-0.39, 0.29) is 23.6 Å². The highest BCUT2D eigenvalue weighted by molar-refractivity contribution is 5.91. The molecule has 6 nitrogen and oxygen atoms in total. The topological polar surface area (TPSA) is 59.1 Å². The van der Waals surface area contributed by atoms with Crippen LogP contribution in [0.5, 0.6) is 0 Å². The average Bonchev–Trinajstić information content (AvgIpc) is 3.73. The number of methoxy groups -OCH3 is 1. The second-order valence-electron chi connectivity index (χ2n) is 11.9. The fraction of sp³-hybridized carbons (Fsp3) is 0.714. The molecule has 1 heterocycles. The molecule has 4 rings (SSSR count). The van der Waals surface area contributed by atoms with E-state index in [4.69, 9.17) is 9.47 Å². The van der Waals surface area contributed by atoms with Gasteiger partial charge in [-0.15, -0.1) is 0 Å². The third-order valence-electron chi connectivity index (χ3n) is 8.44. The first-order chi connectivity index (χ1) is 19.8. The first-order valence-corrected chi connectivity index (χ1v) is 14.0. The number of hydrogen-bond acceptors (Lipinski definition) is 4. The van der Waals surface area contributed by atoms with E-state index in [0.29, 0.717) is 12.8 Å². The number of rotatable bonds is 5. The monoisotopic (exact) mass is 632 g/mol. The third kappa shape index (κ3) is 7.44. The molecule has 242 valence electrons. The maximum atomic E-state index is 13.8. The third-order valence-corrected chi connectivity index (χ3v) is 8.44. The lowest BCUT2D eigenvalue weighted by Crippen LogP contribution is -2.51. The van der Waals surface area contributed by atoms with Gasteiger partial charge in [-0.05, 0) is 88.0 Å².